The molecule has 2 unspecified atom stereocenters. The minimum atomic E-state index is 0.166. The standard InChI is InChI=1S/C15H22N2/c1-14(2)9-16-15(3,4)12-10-7-5-6-8-11(10)17-13(12)14/h5-8,12-13,16-17H,9H2,1-4H3. The number of anilines is 1. The minimum absolute atomic E-state index is 0.166. The van der Waals surface area contributed by atoms with E-state index in [4.69, 9.17) is 0 Å². The van der Waals surface area contributed by atoms with E-state index < -0.39 is 0 Å². The van der Waals surface area contributed by atoms with Gasteiger partial charge in [0.1, 0.15) is 0 Å². The van der Waals surface area contributed by atoms with Crippen LogP contribution in [0.15, 0.2) is 24.3 Å². The topological polar surface area (TPSA) is 24.1 Å². The molecule has 2 nitrogen and oxygen atoms in total. The van der Waals surface area contributed by atoms with E-state index in [9.17, 15) is 0 Å². The summed E-state index contributed by atoms with van der Waals surface area (Å²) in [7, 11) is 0. The smallest absolute Gasteiger partial charge is 0.0411 e. The molecule has 0 aliphatic carbocycles. The highest BCUT2D eigenvalue weighted by molar-refractivity contribution is 5.61. The molecular weight excluding hydrogens is 208 g/mol. The minimum Gasteiger partial charge on any atom is -0.381 e. The Morgan fingerprint density at radius 2 is 1.82 bits per heavy atom. The van der Waals surface area contributed by atoms with Crippen molar-refractivity contribution in [3.8, 4) is 0 Å². The van der Waals surface area contributed by atoms with E-state index >= 15 is 0 Å². The molecule has 0 aromatic heterocycles. The lowest BCUT2D eigenvalue weighted by Gasteiger charge is -2.50. The van der Waals surface area contributed by atoms with Crippen LogP contribution in [0.25, 0.3) is 0 Å². The SMILES string of the molecule is CC1(C)CNC(C)(C)C2c3ccccc3NC21. The Labute approximate surface area is 104 Å². The highest BCUT2D eigenvalue weighted by Gasteiger charge is 2.51. The Morgan fingerprint density at radius 1 is 1.12 bits per heavy atom. The van der Waals surface area contributed by atoms with Gasteiger partial charge in [-0.15, -0.1) is 0 Å². The largest absolute Gasteiger partial charge is 0.381 e. The van der Waals surface area contributed by atoms with Crippen molar-refractivity contribution in [3.05, 3.63) is 29.8 Å². The fourth-order valence-corrected chi connectivity index (χ4v) is 3.46. The quantitative estimate of drug-likeness (QED) is 0.716. The van der Waals surface area contributed by atoms with Crippen LogP contribution in [-0.2, 0) is 0 Å². The Bertz CT molecular complexity index is 448. The Hall–Kier alpha value is -1.02. The van der Waals surface area contributed by atoms with Gasteiger partial charge in [0.05, 0.1) is 0 Å². The molecule has 3 rings (SSSR count). The third-order valence-corrected chi connectivity index (χ3v) is 4.56. The van der Waals surface area contributed by atoms with Gasteiger partial charge in [0.2, 0.25) is 0 Å². The lowest BCUT2D eigenvalue weighted by atomic mass is 9.66. The van der Waals surface area contributed by atoms with Crippen LogP contribution < -0.4 is 10.6 Å². The van der Waals surface area contributed by atoms with Gasteiger partial charge >= 0.3 is 0 Å². The summed E-state index contributed by atoms with van der Waals surface area (Å²) < 4.78 is 0. The molecular formula is C15H22N2. The van der Waals surface area contributed by atoms with Crippen LogP contribution in [0.3, 0.4) is 0 Å². The second kappa shape index (κ2) is 3.26. The monoisotopic (exact) mass is 230 g/mol. The van der Waals surface area contributed by atoms with E-state index in [-0.39, 0.29) is 5.54 Å². The van der Waals surface area contributed by atoms with Crippen molar-refractivity contribution in [1.29, 1.82) is 0 Å². The number of hydrogen-bond acceptors (Lipinski definition) is 2. The fraction of sp³-hybridized carbons (Fsp3) is 0.600. The first-order chi connectivity index (χ1) is 7.92. The van der Waals surface area contributed by atoms with Gasteiger partial charge in [0, 0.05) is 29.7 Å². The van der Waals surface area contributed by atoms with Crippen LogP contribution in [0.1, 0.15) is 39.2 Å². The van der Waals surface area contributed by atoms with Gasteiger partial charge in [-0.3, -0.25) is 0 Å². The summed E-state index contributed by atoms with van der Waals surface area (Å²) in [6.45, 7) is 10.4. The second-order valence-corrected chi connectivity index (χ2v) is 6.75. The summed E-state index contributed by atoms with van der Waals surface area (Å²) >= 11 is 0. The van der Waals surface area contributed by atoms with Crippen LogP contribution in [-0.4, -0.2) is 18.1 Å². The maximum absolute atomic E-state index is 3.74. The summed E-state index contributed by atoms with van der Waals surface area (Å²) in [4.78, 5) is 0. The first-order valence-electron chi connectivity index (χ1n) is 6.52. The molecule has 1 fully saturated rings. The number of hydrogen-bond donors (Lipinski definition) is 2. The number of benzene rings is 1. The van der Waals surface area contributed by atoms with Crippen molar-refractivity contribution >= 4 is 5.69 Å². The van der Waals surface area contributed by atoms with Crippen molar-refractivity contribution in [3.63, 3.8) is 0 Å². The van der Waals surface area contributed by atoms with Crippen LogP contribution in [0.4, 0.5) is 5.69 Å². The Morgan fingerprint density at radius 3 is 2.59 bits per heavy atom. The number of rotatable bonds is 0. The van der Waals surface area contributed by atoms with Gasteiger partial charge in [-0.05, 0) is 30.9 Å². The molecule has 0 bridgehead atoms. The van der Waals surface area contributed by atoms with E-state index in [1.807, 2.05) is 0 Å². The zero-order valence-corrected chi connectivity index (χ0v) is 11.2. The molecule has 0 amide bonds. The lowest BCUT2D eigenvalue weighted by molar-refractivity contribution is 0.132. The zero-order chi connectivity index (χ0) is 12.3. The zero-order valence-electron chi connectivity index (χ0n) is 11.2. The molecule has 0 radical (unpaired) electrons. The molecule has 0 saturated carbocycles. The van der Waals surface area contributed by atoms with Gasteiger partial charge in [0.25, 0.3) is 0 Å². The van der Waals surface area contributed by atoms with Crippen molar-refractivity contribution in [2.24, 2.45) is 5.41 Å². The molecule has 1 saturated heterocycles. The van der Waals surface area contributed by atoms with E-state index in [1.54, 1.807) is 0 Å². The van der Waals surface area contributed by atoms with E-state index in [2.05, 4.69) is 62.6 Å². The third-order valence-electron chi connectivity index (χ3n) is 4.56. The van der Waals surface area contributed by atoms with Gasteiger partial charge in [-0.2, -0.15) is 0 Å². The summed E-state index contributed by atoms with van der Waals surface area (Å²) in [6.07, 6.45) is 0. The van der Waals surface area contributed by atoms with Crippen LogP contribution >= 0.6 is 0 Å². The molecule has 1 aromatic rings. The van der Waals surface area contributed by atoms with Gasteiger partial charge < -0.3 is 10.6 Å². The number of para-hydroxylation sites is 1. The summed E-state index contributed by atoms with van der Waals surface area (Å²) in [6, 6.07) is 9.30. The second-order valence-electron chi connectivity index (χ2n) is 6.75. The number of piperidine rings is 1. The molecule has 2 aliphatic heterocycles. The maximum atomic E-state index is 3.74. The molecule has 2 heterocycles. The maximum Gasteiger partial charge on any atom is 0.0411 e. The molecule has 2 N–H and O–H groups in total. The van der Waals surface area contributed by atoms with Crippen LogP contribution in [0.5, 0.6) is 0 Å². The van der Waals surface area contributed by atoms with Crippen molar-refractivity contribution in [1.82, 2.24) is 5.32 Å². The highest BCUT2D eigenvalue weighted by Crippen LogP contribution is 2.50. The summed E-state index contributed by atoms with van der Waals surface area (Å²) in [5, 5.41) is 7.46. The predicted molar refractivity (Wildman–Crippen MR) is 72.5 cm³/mol. The molecule has 0 spiro atoms. The fourth-order valence-electron chi connectivity index (χ4n) is 3.46. The Balaban J connectivity index is 2.11. The first kappa shape index (κ1) is 11.1. The normalized spacial score (nSPS) is 32.5. The van der Waals surface area contributed by atoms with Crippen molar-refractivity contribution < 1.29 is 0 Å². The van der Waals surface area contributed by atoms with Gasteiger partial charge in [0.15, 0.2) is 0 Å². The molecule has 2 heteroatoms. The average Bonchev–Trinajstić information content (AvgIpc) is 2.66. The lowest BCUT2D eigenvalue weighted by Crippen LogP contribution is -2.61. The van der Waals surface area contributed by atoms with E-state index in [0.29, 0.717) is 17.4 Å². The average molecular weight is 230 g/mol. The summed E-state index contributed by atoms with van der Waals surface area (Å²) in [5.74, 6) is 0.558. The predicted octanol–water partition coefficient (Wildman–Crippen LogP) is 2.97. The van der Waals surface area contributed by atoms with Crippen molar-refractivity contribution in [2.45, 2.75) is 45.2 Å². The van der Waals surface area contributed by atoms with Crippen LogP contribution in [0.2, 0.25) is 0 Å². The molecule has 2 atom stereocenters. The van der Waals surface area contributed by atoms with Crippen molar-refractivity contribution in [2.75, 3.05) is 11.9 Å². The van der Waals surface area contributed by atoms with E-state index in [1.165, 1.54) is 11.3 Å². The number of nitrogens with one attached hydrogen (secondary N) is 2. The molecule has 2 aliphatic rings. The molecule has 1 aromatic carbocycles. The van der Waals surface area contributed by atoms with Gasteiger partial charge in [-0.25, -0.2) is 0 Å². The van der Waals surface area contributed by atoms with Crippen LogP contribution in [0, 0.1) is 5.41 Å². The Kier molecular flexibility index (Phi) is 2.13. The molecule has 17 heavy (non-hydrogen) atoms. The van der Waals surface area contributed by atoms with Gasteiger partial charge in [-0.1, -0.05) is 32.0 Å². The van der Waals surface area contributed by atoms with E-state index in [0.717, 1.165) is 6.54 Å². The number of fused-ring (bicyclic) bond motifs is 3. The first-order valence-corrected chi connectivity index (χ1v) is 6.52. The summed E-state index contributed by atoms with van der Waals surface area (Å²) in [5.41, 5.74) is 3.26. The molecule has 92 valence electrons. The third kappa shape index (κ3) is 1.50. The highest BCUT2D eigenvalue weighted by atomic mass is 15.1.